The minimum absolute atomic E-state index is 0.197. The summed E-state index contributed by atoms with van der Waals surface area (Å²) in [4.78, 5) is 17.0. The maximum Gasteiger partial charge on any atom is 0.253 e. The number of carbonyl (C=O) groups is 1. The normalized spacial score (nSPS) is 10.8. The van der Waals surface area contributed by atoms with Crippen LogP contribution in [0.1, 0.15) is 35.5 Å². The number of halogens is 1. The number of nitrogens with one attached hydrogen (secondary N) is 1. The highest BCUT2D eigenvalue weighted by atomic mass is 19.1. The van der Waals surface area contributed by atoms with Gasteiger partial charge in [0.15, 0.2) is 11.5 Å². The van der Waals surface area contributed by atoms with Gasteiger partial charge in [0.2, 0.25) is 0 Å². The molecule has 0 spiro atoms. The Kier molecular flexibility index (Phi) is 6.65. The summed E-state index contributed by atoms with van der Waals surface area (Å²) < 4.78 is 24.6. The van der Waals surface area contributed by atoms with Gasteiger partial charge in [0, 0.05) is 18.0 Å². The third-order valence-electron chi connectivity index (χ3n) is 4.52. The van der Waals surface area contributed by atoms with Crippen LogP contribution < -0.4 is 14.8 Å². The highest BCUT2D eigenvalue weighted by Crippen LogP contribution is 2.28. The molecule has 1 heterocycles. The van der Waals surface area contributed by atoms with E-state index in [-0.39, 0.29) is 11.7 Å². The van der Waals surface area contributed by atoms with Crippen LogP contribution in [0.25, 0.3) is 10.9 Å². The fourth-order valence-electron chi connectivity index (χ4n) is 3.13. The Balaban J connectivity index is 1.67. The summed E-state index contributed by atoms with van der Waals surface area (Å²) in [6.07, 6.45) is 0.656. The van der Waals surface area contributed by atoms with E-state index in [1.54, 1.807) is 19.1 Å². The summed E-state index contributed by atoms with van der Waals surface area (Å²) in [5, 5.41) is 3.66. The molecule has 0 aliphatic carbocycles. The molecule has 2 aromatic carbocycles. The molecule has 0 aliphatic rings. The predicted molar refractivity (Wildman–Crippen MR) is 111 cm³/mol. The Labute approximate surface area is 169 Å². The fourth-order valence-corrected chi connectivity index (χ4v) is 3.13. The number of benzene rings is 2. The number of fused-ring (bicyclic) bond motifs is 1. The van der Waals surface area contributed by atoms with Gasteiger partial charge in [-0.1, -0.05) is 6.07 Å². The Morgan fingerprint density at radius 2 is 1.79 bits per heavy atom. The van der Waals surface area contributed by atoms with Gasteiger partial charge in [-0.15, -0.1) is 0 Å². The van der Waals surface area contributed by atoms with Gasteiger partial charge in [0.05, 0.1) is 30.0 Å². The highest BCUT2D eigenvalue weighted by molar-refractivity contribution is 5.98. The van der Waals surface area contributed by atoms with E-state index in [4.69, 9.17) is 9.47 Å². The van der Waals surface area contributed by atoms with Crippen LogP contribution in [0.2, 0.25) is 0 Å². The summed E-state index contributed by atoms with van der Waals surface area (Å²) in [6, 6.07) is 11.9. The second kappa shape index (κ2) is 9.37. The van der Waals surface area contributed by atoms with Crippen LogP contribution in [-0.4, -0.2) is 30.6 Å². The second-order valence-electron chi connectivity index (χ2n) is 6.61. The van der Waals surface area contributed by atoms with E-state index < -0.39 is 0 Å². The molecule has 29 heavy (non-hydrogen) atoms. The molecule has 0 radical (unpaired) electrons. The Morgan fingerprint density at radius 3 is 2.55 bits per heavy atom. The van der Waals surface area contributed by atoms with E-state index in [9.17, 15) is 9.18 Å². The Hall–Kier alpha value is -3.15. The molecule has 1 aromatic heterocycles. The second-order valence-corrected chi connectivity index (χ2v) is 6.61. The molecule has 5 nitrogen and oxygen atoms in total. The Morgan fingerprint density at radius 1 is 1.03 bits per heavy atom. The number of aryl methyl sites for hydroxylation is 1. The number of rotatable bonds is 8. The number of hydrogen-bond acceptors (Lipinski definition) is 4. The number of ether oxygens (including phenoxy) is 2. The minimum Gasteiger partial charge on any atom is -0.490 e. The van der Waals surface area contributed by atoms with Crippen molar-refractivity contribution in [3.63, 3.8) is 0 Å². The van der Waals surface area contributed by atoms with Crippen LogP contribution in [0.5, 0.6) is 11.5 Å². The number of hydrogen-bond donors (Lipinski definition) is 1. The molecule has 3 rings (SSSR count). The van der Waals surface area contributed by atoms with E-state index in [2.05, 4.69) is 10.3 Å². The van der Waals surface area contributed by atoms with Crippen molar-refractivity contribution in [1.29, 1.82) is 0 Å². The van der Waals surface area contributed by atoms with Crippen molar-refractivity contribution >= 4 is 16.8 Å². The molecular formula is C23H25FN2O3. The zero-order valence-electron chi connectivity index (χ0n) is 16.9. The van der Waals surface area contributed by atoms with Crippen molar-refractivity contribution in [2.24, 2.45) is 0 Å². The van der Waals surface area contributed by atoms with Crippen molar-refractivity contribution in [2.45, 2.75) is 27.2 Å². The maximum atomic E-state index is 13.4. The molecule has 1 amide bonds. The summed E-state index contributed by atoms with van der Waals surface area (Å²) in [5.41, 5.74) is 2.64. The van der Waals surface area contributed by atoms with Crippen LogP contribution in [0, 0.1) is 12.7 Å². The SMILES string of the molecule is CCOc1ccc(CCNC(=O)c2cc3ccc(F)cc3nc2C)cc1OCC. The third-order valence-corrected chi connectivity index (χ3v) is 4.52. The molecule has 1 N–H and O–H groups in total. The molecule has 0 unspecified atom stereocenters. The molecule has 6 heteroatoms. The van der Waals surface area contributed by atoms with Gasteiger partial charge >= 0.3 is 0 Å². The first-order valence-corrected chi connectivity index (χ1v) is 9.75. The summed E-state index contributed by atoms with van der Waals surface area (Å²) in [7, 11) is 0. The van der Waals surface area contributed by atoms with Crippen LogP contribution in [-0.2, 0) is 6.42 Å². The van der Waals surface area contributed by atoms with Gasteiger partial charge in [-0.25, -0.2) is 4.39 Å². The lowest BCUT2D eigenvalue weighted by Crippen LogP contribution is -2.26. The lowest BCUT2D eigenvalue weighted by molar-refractivity contribution is 0.0953. The molecule has 0 aliphatic heterocycles. The van der Waals surface area contributed by atoms with Gasteiger partial charge in [0.25, 0.3) is 5.91 Å². The molecule has 0 saturated heterocycles. The number of amides is 1. The van der Waals surface area contributed by atoms with E-state index in [1.165, 1.54) is 12.1 Å². The molecule has 0 saturated carbocycles. The van der Waals surface area contributed by atoms with Gasteiger partial charge in [-0.05, 0) is 63.1 Å². The first-order valence-electron chi connectivity index (χ1n) is 9.75. The lowest BCUT2D eigenvalue weighted by atomic mass is 10.1. The quantitative estimate of drug-likeness (QED) is 0.611. The largest absolute Gasteiger partial charge is 0.490 e. The summed E-state index contributed by atoms with van der Waals surface area (Å²) >= 11 is 0. The monoisotopic (exact) mass is 396 g/mol. The van der Waals surface area contributed by atoms with Gasteiger partial charge in [-0.2, -0.15) is 0 Å². The average Bonchev–Trinajstić information content (AvgIpc) is 2.69. The number of nitrogens with zero attached hydrogens (tertiary/aromatic N) is 1. The van der Waals surface area contributed by atoms with Crippen LogP contribution >= 0.6 is 0 Å². The van der Waals surface area contributed by atoms with Crippen molar-refractivity contribution in [2.75, 3.05) is 19.8 Å². The van der Waals surface area contributed by atoms with Gasteiger partial charge in [-0.3, -0.25) is 9.78 Å². The molecule has 152 valence electrons. The zero-order valence-corrected chi connectivity index (χ0v) is 16.9. The summed E-state index contributed by atoms with van der Waals surface area (Å²) in [5.74, 6) is 0.886. The van der Waals surface area contributed by atoms with Crippen molar-refractivity contribution < 1.29 is 18.7 Å². The lowest BCUT2D eigenvalue weighted by Gasteiger charge is -2.13. The number of aromatic nitrogens is 1. The first kappa shape index (κ1) is 20.6. The van der Waals surface area contributed by atoms with E-state index in [1.807, 2.05) is 32.0 Å². The molecule has 0 atom stereocenters. The Bertz CT molecular complexity index is 1020. The van der Waals surface area contributed by atoms with E-state index in [0.29, 0.717) is 48.7 Å². The molecule has 0 bridgehead atoms. The smallest absolute Gasteiger partial charge is 0.253 e. The van der Waals surface area contributed by atoms with Crippen LogP contribution in [0.15, 0.2) is 42.5 Å². The highest BCUT2D eigenvalue weighted by Gasteiger charge is 2.12. The first-order chi connectivity index (χ1) is 14.0. The van der Waals surface area contributed by atoms with Crippen molar-refractivity contribution in [3.05, 3.63) is 65.1 Å². The topological polar surface area (TPSA) is 60.5 Å². The number of pyridine rings is 1. The minimum atomic E-state index is -0.344. The molecule has 0 fully saturated rings. The predicted octanol–water partition coefficient (Wildman–Crippen LogP) is 4.45. The standard InChI is InChI=1S/C23H25FN2O3/c1-4-28-21-9-6-16(12-22(21)29-5-2)10-11-25-23(27)19-13-17-7-8-18(24)14-20(17)26-15(19)3/h6-9,12-14H,4-5,10-11H2,1-3H3,(H,25,27). The maximum absolute atomic E-state index is 13.4. The van der Waals surface area contributed by atoms with Crippen LogP contribution in [0.3, 0.4) is 0 Å². The van der Waals surface area contributed by atoms with Gasteiger partial charge in [0.1, 0.15) is 5.82 Å². The fraction of sp³-hybridized carbons (Fsp3) is 0.304. The van der Waals surface area contributed by atoms with E-state index >= 15 is 0 Å². The number of carbonyl (C=O) groups excluding carboxylic acids is 1. The summed E-state index contributed by atoms with van der Waals surface area (Å²) in [6.45, 7) is 7.20. The van der Waals surface area contributed by atoms with Crippen LogP contribution in [0.4, 0.5) is 4.39 Å². The van der Waals surface area contributed by atoms with E-state index in [0.717, 1.165) is 16.7 Å². The van der Waals surface area contributed by atoms with Gasteiger partial charge < -0.3 is 14.8 Å². The molecule has 3 aromatic rings. The van der Waals surface area contributed by atoms with Crippen molar-refractivity contribution in [3.8, 4) is 11.5 Å². The molecular weight excluding hydrogens is 371 g/mol. The third kappa shape index (κ3) is 5.02. The average molecular weight is 396 g/mol. The van der Waals surface area contributed by atoms with Crippen molar-refractivity contribution in [1.82, 2.24) is 10.3 Å². The zero-order chi connectivity index (χ0) is 20.8.